The molecule has 1 heterocycles. The van der Waals surface area contributed by atoms with Crippen LogP contribution in [-0.2, 0) is 6.42 Å². The second-order valence-electron chi connectivity index (χ2n) is 4.98. The largest absolute Gasteiger partial charge is 0.317 e. The average Bonchev–Trinajstić information content (AvgIpc) is 2.41. The lowest BCUT2D eigenvalue weighted by molar-refractivity contribution is 0.175. The van der Waals surface area contributed by atoms with Gasteiger partial charge in [0, 0.05) is 0 Å². The van der Waals surface area contributed by atoms with E-state index < -0.39 is 6.17 Å². The fraction of sp³-hybridized carbons (Fsp3) is 0.600. The SMILES string of the molecule is FC(CCCc1ccccc1)C1CCNCC1. The molecule has 1 aliphatic rings. The molecular formula is C15H22FN. The summed E-state index contributed by atoms with van der Waals surface area (Å²) in [5.41, 5.74) is 1.32. The standard InChI is InChI=1S/C15H22FN/c16-15(14-9-11-17-12-10-14)8-4-7-13-5-2-1-3-6-13/h1-3,5-6,14-15,17H,4,7-12H2. The molecule has 1 aromatic carbocycles. The summed E-state index contributed by atoms with van der Waals surface area (Å²) in [6, 6.07) is 10.4. The van der Waals surface area contributed by atoms with Crippen LogP contribution in [0.1, 0.15) is 31.2 Å². The summed E-state index contributed by atoms with van der Waals surface area (Å²) in [6.07, 6.45) is 4.11. The molecule has 1 aromatic rings. The van der Waals surface area contributed by atoms with E-state index in [1.807, 2.05) is 6.07 Å². The van der Waals surface area contributed by atoms with Crippen molar-refractivity contribution in [1.29, 1.82) is 0 Å². The van der Waals surface area contributed by atoms with Crippen LogP contribution in [0.25, 0.3) is 0 Å². The van der Waals surface area contributed by atoms with Gasteiger partial charge in [-0.15, -0.1) is 0 Å². The van der Waals surface area contributed by atoms with Crippen LogP contribution in [-0.4, -0.2) is 19.3 Å². The zero-order valence-electron chi connectivity index (χ0n) is 10.4. The average molecular weight is 235 g/mol. The van der Waals surface area contributed by atoms with Gasteiger partial charge in [0.15, 0.2) is 0 Å². The monoisotopic (exact) mass is 235 g/mol. The molecule has 94 valence electrons. The molecule has 17 heavy (non-hydrogen) atoms. The maximum Gasteiger partial charge on any atom is 0.103 e. The second-order valence-corrected chi connectivity index (χ2v) is 4.98. The molecule has 0 aromatic heterocycles. The summed E-state index contributed by atoms with van der Waals surface area (Å²) >= 11 is 0. The Morgan fingerprint density at radius 1 is 1.18 bits per heavy atom. The van der Waals surface area contributed by atoms with Crippen molar-refractivity contribution in [1.82, 2.24) is 5.32 Å². The minimum Gasteiger partial charge on any atom is -0.317 e. The van der Waals surface area contributed by atoms with E-state index in [-0.39, 0.29) is 0 Å². The van der Waals surface area contributed by atoms with Gasteiger partial charge in [-0.3, -0.25) is 0 Å². The van der Waals surface area contributed by atoms with Gasteiger partial charge < -0.3 is 5.32 Å². The second kappa shape index (κ2) is 6.75. The van der Waals surface area contributed by atoms with Crippen LogP contribution in [0.3, 0.4) is 0 Å². The summed E-state index contributed by atoms with van der Waals surface area (Å²) in [4.78, 5) is 0. The minimum absolute atomic E-state index is 0.298. The molecule has 1 saturated heterocycles. The summed E-state index contributed by atoms with van der Waals surface area (Å²) < 4.78 is 14.0. The first kappa shape index (κ1) is 12.6. The third-order valence-electron chi connectivity index (χ3n) is 3.68. The smallest absolute Gasteiger partial charge is 0.103 e. The van der Waals surface area contributed by atoms with Gasteiger partial charge >= 0.3 is 0 Å². The molecule has 0 saturated carbocycles. The Morgan fingerprint density at radius 2 is 1.88 bits per heavy atom. The molecule has 1 atom stereocenters. The van der Waals surface area contributed by atoms with Gasteiger partial charge in [0.05, 0.1) is 0 Å². The number of hydrogen-bond acceptors (Lipinski definition) is 1. The van der Waals surface area contributed by atoms with Crippen LogP contribution in [0.4, 0.5) is 4.39 Å². The van der Waals surface area contributed by atoms with Crippen LogP contribution in [0, 0.1) is 5.92 Å². The quantitative estimate of drug-likeness (QED) is 0.825. The molecule has 0 amide bonds. The number of hydrogen-bond donors (Lipinski definition) is 1. The number of nitrogens with one attached hydrogen (secondary N) is 1. The molecule has 1 unspecified atom stereocenters. The highest BCUT2D eigenvalue weighted by Crippen LogP contribution is 2.23. The molecule has 0 aliphatic carbocycles. The summed E-state index contributed by atoms with van der Waals surface area (Å²) in [7, 11) is 0. The molecule has 1 aliphatic heterocycles. The highest BCUT2D eigenvalue weighted by molar-refractivity contribution is 5.14. The Hall–Kier alpha value is -0.890. The van der Waals surface area contributed by atoms with Gasteiger partial charge in [-0.25, -0.2) is 4.39 Å². The van der Waals surface area contributed by atoms with E-state index in [2.05, 4.69) is 29.6 Å². The first-order valence-electron chi connectivity index (χ1n) is 6.75. The van der Waals surface area contributed by atoms with Crippen molar-refractivity contribution in [3.63, 3.8) is 0 Å². The number of rotatable bonds is 5. The van der Waals surface area contributed by atoms with Crippen LogP contribution in [0.2, 0.25) is 0 Å². The molecule has 2 heteroatoms. The zero-order chi connectivity index (χ0) is 11.9. The van der Waals surface area contributed by atoms with Crippen LogP contribution >= 0.6 is 0 Å². The fourth-order valence-corrected chi connectivity index (χ4v) is 2.59. The number of piperidine rings is 1. The predicted molar refractivity (Wildman–Crippen MR) is 69.9 cm³/mol. The van der Waals surface area contributed by atoms with Gasteiger partial charge in [0.2, 0.25) is 0 Å². The lowest BCUT2D eigenvalue weighted by Crippen LogP contribution is -2.32. The van der Waals surface area contributed by atoms with Gasteiger partial charge in [0.25, 0.3) is 0 Å². The van der Waals surface area contributed by atoms with Crippen molar-refractivity contribution in [2.45, 2.75) is 38.3 Å². The molecule has 0 radical (unpaired) electrons. The van der Waals surface area contributed by atoms with Gasteiger partial charge in [0.1, 0.15) is 6.17 Å². The molecule has 1 nitrogen and oxygen atoms in total. The van der Waals surface area contributed by atoms with Crippen molar-refractivity contribution < 1.29 is 4.39 Å². The molecule has 0 spiro atoms. The number of halogens is 1. The Labute approximate surface area is 103 Å². The predicted octanol–water partition coefficient (Wildman–Crippen LogP) is 3.35. The van der Waals surface area contributed by atoms with Crippen molar-refractivity contribution in [2.75, 3.05) is 13.1 Å². The molecule has 1 fully saturated rings. The lowest BCUT2D eigenvalue weighted by Gasteiger charge is -2.25. The van der Waals surface area contributed by atoms with E-state index in [4.69, 9.17) is 0 Å². The Kier molecular flexibility index (Phi) is 4.99. The summed E-state index contributed by atoms with van der Waals surface area (Å²) in [5, 5.41) is 3.28. The van der Waals surface area contributed by atoms with E-state index in [1.165, 1.54) is 5.56 Å². The lowest BCUT2D eigenvalue weighted by atomic mass is 9.90. The highest BCUT2D eigenvalue weighted by atomic mass is 19.1. The van der Waals surface area contributed by atoms with Crippen molar-refractivity contribution in [3.05, 3.63) is 35.9 Å². The van der Waals surface area contributed by atoms with Crippen molar-refractivity contribution in [3.8, 4) is 0 Å². The van der Waals surface area contributed by atoms with Gasteiger partial charge in [-0.1, -0.05) is 30.3 Å². The number of alkyl halides is 1. The molecular weight excluding hydrogens is 213 g/mol. The van der Waals surface area contributed by atoms with Crippen LogP contribution < -0.4 is 5.32 Å². The van der Waals surface area contributed by atoms with Crippen LogP contribution in [0.5, 0.6) is 0 Å². The fourth-order valence-electron chi connectivity index (χ4n) is 2.59. The number of aryl methyl sites for hydroxylation is 1. The van der Waals surface area contributed by atoms with E-state index >= 15 is 0 Å². The summed E-state index contributed by atoms with van der Waals surface area (Å²) in [6.45, 7) is 1.98. The normalized spacial score (nSPS) is 19.1. The van der Waals surface area contributed by atoms with E-state index in [1.54, 1.807) is 0 Å². The number of benzene rings is 1. The Balaban J connectivity index is 1.67. The van der Waals surface area contributed by atoms with E-state index in [0.29, 0.717) is 5.92 Å². The first-order chi connectivity index (χ1) is 8.36. The Morgan fingerprint density at radius 3 is 2.59 bits per heavy atom. The first-order valence-corrected chi connectivity index (χ1v) is 6.75. The van der Waals surface area contributed by atoms with Gasteiger partial charge in [-0.05, 0) is 56.7 Å². The van der Waals surface area contributed by atoms with E-state index in [9.17, 15) is 4.39 Å². The molecule has 1 N–H and O–H groups in total. The third kappa shape index (κ3) is 4.12. The molecule has 0 bridgehead atoms. The minimum atomic E-state index is -0.596. The third-order valence-corrected chi connectivity index (χ3v) is 3.68. The maximum absolute atomic E-state index is 14.0. The zero-order valence-corrected chi connectivity index (χ0v) is 10.4. The maximum atomic E-state index is 14.0. The van der Waals surface area contributed by atoms with Crippen molar-refractivity contribution in [2.24, 2.45) is 5.92 Å². The highest BCUT2D eigenvalue weighted by Gasteiger charge is 2.22. The summed E-state index contributed by atoms with van der Waals surface area (Å²) in [5.74, 6) is 0.298. The Bertz CT molecular complexity index is 306. The van der Waals surface area contributed by atoms with E-state index in [0.717, 1.165) is 45.2 Å². The van der Waals surface area contributed by atoms with Gasteiger partial charge in [-0.2, -0.15) is 0 Å². The van der Waals surface area contributed by atoms with Crippen molar-refractivity contribution >= 4 is 0 Å². The topological polar surface area (TPSA) is 12.0 Å². The van der Waals surface area contributed by atoms with Crippen LogP contribution in [0.15, 0.2) is 30.3 Å². The molecule has 2 rings (SSSR count).